The Hall–Kier alpha value is -2.72. The third-order valence-electron chi connectivity index (χ3n) is 2.97. The molecular formula is C12H9F6N5. The maximum absolute atomic E-state index is 13.0. The van der Waals surface area contributed by atoms with Gasteiger partial charge in [0, 0.05) is 5.56 Å². The average molecular weight is 337 g/mol. The van der Waals surface area contributed by atoms with Crippen LogP contribution < -0.4 is 17.2 Å². The summed E-state index contributed by atoms with van der Waals surface area (Å²) in [5.74, 6) is -0.500. The molecule has 0 saturated heterocycles. The molecule has 2 rings (SSSR count). The van der Waals surface area contributed by atoms with Gasteiger partial charge in [0.05, 0.1) is 22.5 Å². The third-order valence-corrected chi connectivity index (χ3v) is 2.97. The highest BCUT2D eigenvalue weighted by atomic mass is 19.4. The van der Waals surface area contributed by atoms with E-state index in [1.807, 2.05) is 0 Å². The molecule has 0 atom stereocenters. The summed E-state index contributed by atoms with van der Waals surface area (Å²) in [5, 5.41) is 6.58. The van der Waals surface area contributed by atoms with Crippen molar-refractivity contribution in [1.82, 2.24) is 10.2 Å². The molecule has 0 bridgehead atoms. The molecule has 11 heteroatoms. The van der Waals surface area contributed by atoms with E-state index < -0.39 is 51.9 Å². The van der Waals surface area contributed by atoms with Crippen LogP contribution in [0.1, 0.15) is 11.1 Å². The summed E-state index contributed by atoms with van der Waals surface area (Å²) in [6.07, 6.45) is -9.65. The maximum atomic E-state index is 13.0. The lowest BCUT2D eigenvalue weighted by atomic mass is 10.00. The smallest absolute Gasteiger partial charge is 0.397 e. The summed E-state index contributed by atoms with van der Waals surface area (Å²) in [5.41, 5.74) is 10.7. The summed E-state index contributed by atoms with van der Waals surface area (Å²) in [6.45, 7) is 0. The fourth-order valence-corrected chi connectivity index (χ4v) is 1.91. The summed E-state index contributed by atoms with van der Waals surface area (Å²) in [6, 6.07) is 1.79. The van der Waals surface area contributed by atoms with E-state index >= 15 is 0 Å². The fraction of sp³-hybridized carbons (Fsp3) is 0.167. The van der Waals surface area contributed by atoms with Crippen LogP contribution in [-0.4, -0.2) is 10.2 Å². The molecule has 0 amide bonds. The van der Waals surface area contributed by atoms with Gasteiger partial charge in [-0.2, -0.15) is 26.3 Å². The van der Waals surface area contributed by atoms with Crippen molar-refractivity contribution in [2.75, 3.05) is 17.2 Å². The Morgan fingerprint density at radius 3 is 1.83 bits per heavy atom. The maximum Gasteiger partial charge on any atom is 0.418 e. The van der Waals surface area contributed by atoms with Crippen LogP contribution in [0.2, 0.25) is 0 Å². The quantitative estimate of drug-likeness (QED) is 0.548. The number of hydrogen-bond acceptors (Lipinski definition) is 5. The SMILES string of the molecule is Nc1cc(C(F)(F)F)c(-c2ccc(C(F)(F)F)c(N)c2N)nn1. The molecule has 1 heterocycles. The zero-order valence-corrected chi connectivity index (χ0v) is 11.1. The first kappa shape index (κ1) is 16.6. The lowest BCUT2D eigenvalue weighted by Crippen LogP contribution is -2.14. The second-order valence-electron chi connectivity index (χ2n) is 4.52. The minimum absolute atomic E-state index is 0.421. The highest BCUT2D eigenvalue weighted by Crippen LogP contribution is 2.43. The molecule has 0 fully saturated rings. The van der Waals surface area contributed by atoms with E-state index in [1.54, 1.807) is 0 Å². The molecule has 2 aromatic rings. The number of rotatable bonds is 1. The lowest BCUT2D eigenvalue weighted by Gasteiger charge is -2.17. The molecule has 0 aliphatic rings. The van der Waals surface area contributed by atoms with Crippen molar-refractivity contribution in [3.8, 4) is 11.3 Å². The van der Waals surface area contributed by atoms with E-state index in [1.165, 1.54) is 0 Å². The number of halogens is 6. The van der Waals surface area contributed by atoms with Crippen LogP contribution >= 0.6 is 0 Å². The third kappa shape index (κ3) is 3.07. The zero-order chi connectivity index (χ0) is 17.6. The van der Waals surface area contributed by atoms with Gasteiger partial charge in [-0.1, -0.05) is 0 Å². The predicted octanol–water partition coefficient (Wildman–Crippen LogP) is 2.93. The van der Waals surface area contributed by atoms with Crippen molar-refractivity contribution >= 4 is 17.2 Å². The first-order valence-electron chi connectivity index (χ1n) is 5.89. The number of alkyl halides is 6. The van der Waals surface area contributed by atoms with Gasteiger partial charge in [-0.15, -0.1) is 10.2 Å². The molecule has 6 N–H and O–H groups in total. The Bertz CT molecular complexity index is 753. The predicted molar refractivity (Wildman–Crippen MR) is 70.7 cm³/mol. The largest absolute Gasteiger partial charge is 0.418 e. The topological polar surface area (TPSA) is 104 Å². The summed E-state index contributed by atoms with van der Waals surface area (Å²) in [4.78, 5) is 0. The number of benzene rings is 1. The van der Waals surface area contributed by atoms with Gasteiger partial charge in [-0.3, -0.25) is 0 Å². The van der Waals surface area contributed by atoms with Crippen molar-refractivity contribution < 1.29 is 26.3 Å². The molecule has 5 nitrogen and oxygen atoms in total. The van der Waals surface area contributed by atoms with Crippen LogP contribution in [-0.2, 0) is 12.4 Å². The van der Waals surface area contributed by atoms with E-state index in [9.17, 15) is 26.3 Å². The fourth-order valence-electron chi connectivity index (χ4n) is 1.91. The van der Waals surface area contributed by atoms with Crippen LogP contribution in [0.25, 0.3) is 11.3 Å². The Labute approximate surface area is 125 Å². The normalized spacial score (nSPS) is 12.4. The van der Waals surface area contributed by atoms with Gasteiger partial charge in [0.15, 0.2) is 0 Å². The molecule has 0 radical (unpaired) electrons. The number of hydrogen-bond donors (Lipinski definition) is 3. The average Bonchev–Trinajstić information content (AvgIpc) is 2.39. The van der Waals surface area contributed by atoms with Gasteiger partial charge in [-0.05, 0) is 18.2 Å². The van der Waals surface area contributed by atoms with Crippen molar-refractivity contribution in [1.29, 1.82) is 0 Å². The summed E-state index contributed by atoms with van der Waals surface area (Å²) < 4.78 is 77.3. The monoisotopic (exact) mass is 337 g/mol. The summed E-state index contributed by atoms with van der Waals surface area (Å²) in [7, 11) is 0. The minimum Gasteiger partial charge on any atom is -0.397 e. The number of nitrogens with zero attached hydrogens (tertiary/aromatic N) is 2. The molecule has 0 saturated carbocycles. The highest BCUT2D eigenvalue weighted by molar-refractivity contribution is 5.86. The molecule has 1 aromatic carbocycles. The van der Waals surface area contributed by atoms with Gasteiger partial charge < -0.3 is 17.2 Å². The Kier molecular flexibility index (Phi) is 3.75. The van der Waals surface area contributed by atoms with Gasteiger partial charge in [-0.25, -0.2) is 0 Å². The van der Waals surface area contributed by atoms with Crippen molar-refractivity contribution in [2.45, 2.75) is 12.4 Å². The van der Waals surface area contributed by atoms with Crippen LogP contribution in [0.15, 0.2) is 18.2 Å². The van der Waals surface area contributed by atoms with Crippen molar-refractivity contribution in [3.05, 3.63) is 29.3 Å². The Balaban J connectivity index is 2.72. The van der Waals surface area contributed by atoms with Crippen LogP contribution in [0.3, 0.4) is 0 Å². The number of nitrogens with two attached hydrogens (primary N) is 3. The van der Waals surface area contributed by atoms with Gasteiger partial charge in [0.25, 0.3) is 0 Å². The van der Waals surface area contributed by atoms with Crippen molar-refractivity contribution in [2.24, 2.45) is 0 Å². The van der Waals surface area contributed by atoms with Crippen molar-refractivity contribution in [3.63, 3.8) is 0 Å². The highest BCUT2D eigenvalue weighted by Gasteiger charge is 2.38. The van der Waals surface area contributed by atoms with Crippen LogP contribution in [0.4, 0.5) is 43.5 Å². The molecule has 0 aliphatic carbocycles. The number of aromatic nitrogens is 2. The van der Waals surface area contributed by atoms with Crippen LogP contribution in [0, 0.1) is 0 Å². The van der Waals surface area contributed by atoms with E-state index in [0.29, 0.717) is 12.1 Å². The molecule has 0 spiro atoms. The van der Waals surface area contributed by atoms with E-state index in [-0.39, 0.29) is 0 Å². The zero-order valence-electron chi connectivity index (χ0n) is 11.1. The first-order valence-corrected chi connectivity index (χ1v) is 5.89. The molecule has 23 heavy (non-hydrogen) atoms. The van der Waals surface area contributed by atoms with Gasteiger partial charge in [0.2, 0.25) is 0 Å². The molecule has 0 unspecified atom stereocenters. The minimum atomic E-state index is -4.86. The van der Waals surface area contributed by atoms with Gasteiger partial charge >= 0.3 is 12.4 Å². The molecule has 0 aliphatic heterocycles. The second-order valence-corrected chi connectivity index (χ2v) is 4.52. The number of nitrogen functional groups attached to an aromatic ring is 3. The molecular weight excluding hydrogens is 328 g/mol. The second kappa shape index (κ2) is 5.18. The lowest BCUT2D eigenvalue weighted by molar-refractivity contribution is -0.138. The van der Waals surface area contributed by atoms with E-state index in [0.717, 1.165) is 6.07 Å². The first-order chi connectivity index (χ1) is 10.4. The van der Waals surface area contributed by atoms with Gasteiger partial charge in [0.1, 0.15) is 11.5 Å². The van der Waals surface area contributed by atoms with E-state index in [2.05, 4.69) is 10.2 Å². The standard InChI is InChI=1S/C12H9F6N5/c13-11(14,15)5-2-1-4(8(20)9(5)21)10-6(12(16,17)18)3-7(19)22-23-10/h1-3H,20-21H2,(H2,19,22). The molecule has 124 valence electrons. The summed E-state index contributed by atoms with van der Waals surface area (Å²) >= 11 is 0. The Morgan fingerprint density at radius 1 is 0.739 bits per heavy atom. The van der Waals surface area contributed by atoms with Crippen LogP contribution in [0.5, 0.6) is 0 Å². The molecule has 1 aromatic heterocycles. The number of anilines is 3. The Morgan fingerprint density at radius 2 is 1.30 bits per heavy atom. The van der Waals surface area contributed by atoms with E-state index in [4.69, 9.17) is 17.2 Å².